The van der Waals surface area contributed by atoms with E-state index in [4.69, 9.17) is 15.2 Å². The lowest BCUT2D eigenvalue weighted by molar-refractivity contribution is 0.322. The van der Waals surface area contributed by atoms with Gasteiger partial charge in [0.15, 0.2) is 0 Å². The monoisotopic (exact) mass is 259 g/mol. The van der Waals surface area contributed by atoms with Gasteiger partial charge in [0.05, 0.1) is 13.7 Å². The number of nitrogen functional groups attached to an aromatic ring is 1. The van der Waals surface area contributed by atoms with Crippen LogP contribution in [0.2, 0.25) is 0 Å². The van der Waals surface area contributed by atoms with Gasteiger partial charge in [-0.3, -0.25) is 0 Å². The number of phenols is 1. The molecule has 4 nitrogen and oxygen atoms in total. The maximum absolute atomic E-state index is 9.46. The molecule has 0 spiro atoms. The summed E-state index contributed by atoms with van der Waals surface area (Å²) < 4.78 is 10.7. The highest BCUT2D eigenvalue weighted by molar-refractivity contribution is 5.61. The van der Waals surface area contributed by atoms with Gasteiger partial charge in [-0.2, -0.15) is 0 Å². The Hall–Kier alpha value is -2.36. The average Bonchev–Trinajstić information content (AvgIpc) is 2.44. The first kappa shape index (κ1) is 13.1. The molecule has 3 N–H and O–H groups in total. The van der Waals surface area contributed by atoms with Crippen LogP contribution in [0.5, 0.6) is 17.2 Å². The van der Waals surface area contributed by atoms with Crippen molar-refractivity contribution in [1.82, 2.24) is 0 Å². The SMILES string of the molecule is COc1ccc(CCOc2cccc(O)c2N)cc1. The maximum atomic E-state index is 9.46. The van der Waals surface area contributed by atoms with Gasteiger partial charge in [0, 0.05) is 6.42 Å². The van der Waals surface area contributed by atoms with Crippen molar-refractivity contribution in [2.24, 2.45) is 0 Å². The molecule has 100 valence electrons. The van der Waals surface area contributed by atoms with Crippen LogP contribution in [0, 0.1) is 0 Å². The summed E-state index contributed by atoms with van der Waals surface area (Å²) in [7, 11) is 1.64. The number of nitrogens with two attached hydrogens (primary N) is 1. The third kappa shape index (κ3) is 3.31. The molecule has 0 atom stereocenters. The Bertz CT molecular complexity index is 538. The molecule has 4 heteroatoms. The van der Waals surface area contributed by atoms with Crippen molar-refractivity contribution in [3.05, 3.63) is 48.0 Å². The Labute approximate surface area is 112 Å². The minimum absolute atomic E-state index is 0.0435. The molecular formula is C15H17NO3. The summed E-state index contributed by atoms with van der Waals surface area (Å²) in [5.74, 6) is 1.39. The molecule has 0 aliphatic rings. The van der Waals surface area contributed by atoms with E-state index < -0.39 is 0 Å². The molecule has 0 fully saturated rings. The maximum Gasteiger partial charge on any atom is 0.146 e. The number of hydrogen-bond donors (Lipinski definition) is 2. The van der Waals surface area contributed by atoms with Gasteiger partial charge in [0.2, 0.25) is 0 Å². The lowest BCUT2D eigenvalue weighted by atomic mass is 10.1. The summed E-state index contributed by atoms with van der Waals surface area (Å²) in [5, 5.41) is 9.46. The molecular weight excluding hydrogens is 242 g/mol. The minimum Gasteiger partial charge on any atom is -0.506 e. The van der Waals surface area contributed by atoms with E-state index in [1.807, 2.05) is 24.3 Å². The van der Waals surface area contributed by atoms with E-state index in [9.17, 15) is 5.11 Å². The highest BCUT2D eigenvalue weighted by Crippen LogP contribution is 2.29. The van der Waals surface area contributed by atoms with Crippen LogP contribution in [0.25, 0.3) is 0 Å². The van der Waals surface area contributed by atoms with E-state index in [-0.39, 0.29) is 11.4 Å². The van der Waals surface area contributed by atoms with Gasteiger partial charge in [-0.15, -0.1) is 0 Å². The van der Waals surface area contributed by atoms with Gasteiger partial charge in [0.25, 0.3) is 0 Å². The minimum atomic E-state index is 0.0435. The first-order chi connectivity index (χ1) is 9.20. The number of rotatable bonds is 5. The van der Waals surface area contributed by atoms with E-state index >= 15 is 0 Å². The van der Waals surface area contributed by atoms with E-state index in [1.54, 1.807) is 19.2 Å². The predicted molar refractivity (Wildman–Crippen MR) is 74.7 cm³/mol. The molecule has 0 aliphatic carbocycles. The van der Waals surface area contributed by atoms with Crippen molar-refractivity contribution in [3.8, 4) is 17.2 Å². The zero-order valence-corrected chi connectivity index (χ0v) is 10.8. The fourth-order valence-electron chi connectivity index (χ4n) is 1.73. The smallest absolute Gasteiger partial charge is 0.146 e. The number of aromatic hydroxyl groups is 1. The van der Waals surface area contributed by atoms with Gasteiger partial charge in [0.1, 0.15) is 22.9 Å². The molecule has 0 aliphatic heterocycles. The molecule has 0 amide bonds. The van der Waals surface area contributed by atoms with Gasteiger partial charge >= 0.3 is 0 Å². The number of methoxy groups -OCH3 is 1. The van der Waals surface area contributed by atoms with Gasteiger partial charge < -0.3 is 20.3 Å². The number of anilines is 1. The van der Waals surface area contributed by atoms with Crippen molar-refractivity contribution in [3.63, 3.8) is 0 Å². The zero-order valence-electron chi connectivity index (χ0n) is 10.8. The lowest BCUT2D eigenvalue weighted by Crippen LogP contribution is -2.03. The third-order valence-corrected chi connectivity index (χ3v) is 2.85. The number of benzene rings is 2. The predicted octanol–water partition coefficient (Wildman–Crippen LogP) is 2.60. The number of para-hydroxylation sites is 1. The topological polar surface area (TPSA) is 64.7 Å². The van der Waals surface area contributed by atoms with E-state index in [2.05, 4.69) is 0 Å². The van der Waals surface area contributed by atoms with Crippen LogP contribution in [0.3, 0.4) is 0 Å². The molecule has 0 saturated heterocycles. The first-order valence-corrected chi connectivity index (χ1v) is 6.04. The third-order valence-electron chi connectivity index (χ3n) is 2.85. The van der Waals surface area contributed by atoms with Crippen LogP contribution in [0.15, 0.2) is 42.5 Å². The second kappa shape index (κ2) is 6.00. The standard InChI is InChI=1S/C15H17NO3/c1-18-12-7-5-11(6-8-12)9-10-19-14-4-2-3-13(17)15(14)16/h2-8,17H,9-10,16H2,1H3. The number of hydrogen-bond acceptors (Lipinski definition) is 4. The highest BCUT2D eigenvalue weighted by atomic mass is 16.5. The molecule has 0 radical (unpaired) electrons. The molecule has 2 rings (SSSR count). The Morgan fingerprint density at radius 3 is 2.53 bits per heavy atom. The fraction of sp³-hybridized carbons (Fsp3) is 0.200. The Balaban J connectivity index is 1.90. The van der Waals surface area contributed by atoms with Crippen LogP contribution in [0.1, 0.15) is 5.56 Å². The molecule has 0 aromatic heterocycles. The Morgan fingerprint density at radius 2 is 1.84 bits per heavy atom. The van der Waals surface area contributed by atoms with Crippen LogP contribution in [0.4, 0.5) is 5.69 Å². The zero-order chi connectivity index (χ0) is 13.7. The summed E-state index contributed by atoms with van der Waals surface area (Å²) in [6.07, 6.45) is 0.763. The molecule has 0 bridgehead atoms. The number of ether oxygens (including phenoxy) is 2. The van der Waals surface area contributed by atoms with Crippen molar-refractivity contribution < 1.29 is 14.6 Å². The Morgan fingerprint density at radius 1 is 1.11 bits per heavy atom. The van der Waals surface area contributed by atoms with Gasteiger partial charge in [-0.1, -0.05) is 18.2 Å². The van der Waals surface area contributed by atoms with Crippen molar-refractivity contribution in [2.45, 2.75) is 6.42 Å². The second-order valence-electron chi connectivity index (χ2n) is 4.14. The van der Waals surface area contributed by atoms with Crippen molar-refractivity contribution in [1.29, 1.82) is 0 Å². The average molecular weight is 259 g/mol. The van der Waals surface area contributed by atoms with Crippen LogP contribution >= 0.6 is 0 Å². The second-order valence-corrected chi connectivity index (χ2v) is 4.14. The van der Waals surface area contributed by atoms with E-state index in [0.717, 1.165) is 17.7 Å². The first-order valence-electron chi connectivity index (χ1n) is 6.04. The largest absolute Gasteiger partial charge is 0.506 e. The van der Waals surface area contributed by atoms with E-state index in [1.165, 1.54) is 6.07 Å². The summed E-state index contributed by atoms with van der Waals surface area (Å²) in [6.45, 7) is 0.500. The van der Waals surface area contributed by atoms with Gasteiger partial charge in [-0.25, -0.2) is 0 Å². The molecule has 19 heavy (non-hydrogen) atoms. The Kier molecular flexibility index (Phi) is 4.13. The van der Waals surface area contributed by atoms with Crippen LogP contribution in [-0.4, -0.2) is 18.8 Å². The highest BCUT2D eigenvalue weighted by Gasteiger charge is 2.04. The summed E-state index contributed by atoms with van der Waals surface area (Å²) in [4.78, 5) is 0. The lowest BCUT2D eigenvalue weighted by Gasteiger charge is -2.10. The number of phenolic OH excluding ortho intramolecular Hbond substituents is 1. The van der Waals surface area contributed by atoms with Crippen molar-refractivity contribution >= 4 is 5.69 Å². The quantitative estimate of drug-likeness (QED) is 0.640. The van der Waals surface area contributed by atoms with Crippen LogP contribution in [-0.2, 0) is 6.42 Å². The van der Waals surface area contributed by atoms with Crippen LogP contribution < -0.4 is 15.2 Å². The summed E-state index contributed by atoms with van der Waals surface area (Å²) in [6, 6.07) is 12.8. The summed E-state index contributed by atoms with van der Waals surface area (Å²) >= 11 is 0. The van der Waals surface area contributed by atoms with Crippen molar-refractivity contribution in [2.75, 3.05) is 19.5 Å². The summed E-state index contributed by atoms with van der Waals surface area (Å²) in [5.41, 5.74) is 7.14. The molecule has 0 heterocycles. The fourth-order valence-corrected chi connectivity index (χ4v) is 1.73. The molecule has 0 unspecified atom stereocenters. The molecule has 0 saturated carbocycles. The normalized spacial score (nSPS) is 10.2. The molecule has 2 aromatic rings. The molecule has 2 aromatic carbocycles. The van der Waals surface area contributed by atoms with E-state index in [0.29, 0.717) is 12.4 Å². The van der Waals surface area contributed by atoms with Gasteiger partial charge in [-0.05, 0) is 29.8 Å².